The molecule has 0 spiro atoms. The number of nitrogens with zero attached hydrogens (tertiary/aromatic N) is 2. The van der Waals surface area contributed by atoms with Crippen LogP contribution in [0.15, 0.2) is 0 Å². The van der Waals surface area contributed by atoms with Gasteiger partial charge < -0.3 is 15.1 Å². The van der Waals surface area contributed by atoms with Gasteiger partial charge in [-0.25, -0.2) is 0 Å². The SMILES string of the molecule is CCCN(CCC)C(=O)C(=O)NCCCN(C)C. The van der Waals surface area contributed by atoms with Gasteiger partial charge in [0.1, 0.15) is 0 Å². The third-order valence-corrected chi connectivity index (χ3v) is 2.54. The minimum atomic E-state index is -0.476. The molecule has 1 N–H and O–H groups in total. The number of hydrogen-bond donors (Lipinski definition) is 1. The zero-order valence-corrected chi connectivity index (χ0v) is 12.2. The standard InChI is InChI=1S/C13H27N3O2/c1-5-9-16(10-6-2)13(18)12(17)14-8-7-11-15(3)4/h5-11H2,1-4H3,(H,14,17). The van der Waals surface area contributed by atoms with E-state index in [1.807, 2.05) is 27.9 Å². The second kappa shape index (κ2) is 9.88. The molecule has 0 unspecified atom stereocenters. The summed E-state index contributed by atoms with van der Waals surface area (Å²) in [6.45, 7) is 6.77. The van der Waals surface area contributed by atoms with Crippen molar-refractivity contribution < 1.29 is 9.59 Å². The Morgan fingerprint density at radius 2 is 1.56 bits per heavy atom. The lowest BCUT2D eigenvalue weighted by molar-refractivity contribution is -0.145. The van der Waals surface area contributed by atoms with Crippen LogP contribution in [0.3, 0.4) is 0 Å². The van der Waals surface area contributed by atoms with Crippen molar-refractivity contribution in [2.75, 3.05) is 40.3 Å². The van der Waals surface area contributed by atoms with Gasteiger partial charge in [0.15, 0.2) is 0 Å². The van der Waals surface area contributed by atoms with E-state index in [1.165, 1.54) is 0 Å². The number of carbonyl (C=O) groups is 2. The highest BCUT2D eigenvalue weighted by atomic mass is 16.2. The molecule has 0 aliphatic rings. The first-order chi connectivity index (χ1) is 8.52. The molecule has 0 aromatic rings. The third kappa shape index (κ3) is 7.27. The van der Waals surface area contributed by atoms with Crippen LogP contribution in [0.4, 0.5) is 0 Å². The molecule has 0 rings (SSSR count). The molecule has 0 atom stereocenters. The Bertz CT molecular complexity index is 249. The van der Waals surface area contributed by atoms with Crippen LogP contribution in [-0.4, -0.2) is 61.9 Å². The number of carbonyl (C=O) groups excluding carboxylic acids is 2. The van der Waals surface area contributed by atoms with E-state index in [2.05, 4.69) is 10.2 Å². The van der Waals surface area contributed by atoms with Crippen LogP contribution in [0.2, 0.25) is 0 Å². The molecule has 106 valence electrons. The monoisotopic (exact) mass is 257 g/mol. The van der Waals surface area contributed by atoms with Crippen LogP contribution in [-0.2, 0) is 9.59 Å². The molecule has 0 fully saturated rings. The van der Waals surface area contributed by atoms with Gasteiger partial charge in [-0.1, -0.05) is 13.8 Å². The quantitative estimate of drug-likeness (QED) is 0.514. The number of amides is 2. The Labute approximate surface area is 111 Å². The molecule has 0 heterocycles. The van der Waals surface area contributed by atoms with Crippen molar-refractivity contribution >= 4 is 11.8 Å². The second-order valence-corrected chi connectivity index (χ2v) is 4.70. The van der Waals surface area contributed by atoms with Crippen molar-refractivity contribution in [3.8, 4) is 0 Å². The van der Waals surface area contributed by atoms with Crippen LogP contribution in [0, 0.1) is 0 Å². The zero-order chi connectivity index (χ0) is 14.0. The molecule has 18 heavy (non-hydrogen) atoms. The molecule has 0 aliphatic carbocycles. The maximum absolute atomic E-state index is 11.9. The Hall–Kier alpha value is -1.10. The molecule has 0 saturated carbocycles. The molecule has 0 aromatic carbocycles. The van der Waals surface area contributed by atoms with Crippen molar-refractivity contribution in [3.05, 3.63) is 0 Å². The topological polar surface area (TPSA) is 52.7 Å². The van der Waals surface area contributed by atoms with E-state index in [4.69, 9.17) is 0 Å². The first-order valence-electron chi connectivity index (χ1n) is 6.74. The van der Waals surface area contributed by atoms with E-state index in [-0.39, 0.29) is 0 Å². The highest BCUT2D eigenvalue weighted by Gasteiger charge is 2.19. The van der Waals surface area contributed by atoms with Crippen LogP contribution >= 0.6 is 0 Å². The highest BCUT2D eigenvalue weighted by Crippen LogP contribution is 1.95. The van der Waals surface area contributed by atoms with Crippen LogP contribution < -0.4 is 5.32 Å². The largest absolute Gasteiger partial charge is 0.348 e. The Balaban J connectivity index is 4.02. The zero-order valence-electron chi connectivity index (χ0n) is 12.2. The van der Waals surface area contributed by atoms with Crippen LogP contribution in [0.25, 0.3) is 0 Å². The third-order valence-electron chi connectivity index (χ3n) is 2.54. The summed E-state index contributed by atoms with van der Waals surface area (Å²) in [4.78, 5) is 27.2. The fourth-order valence-corrected chi connectivity index (χ4v) is 1.67. The predicted molar refractivity (Wildman–Crippen MR) is 73.3 cm³/mol. The van der Waals surface area contributed by atoms with E-state index < -0.39 is 11.8 Å². The fourth-order valence-electron chi connectivity index (χ4n) is 1.67. The van der Waals surface area contributed by atoms with Crippen molar-refractivity contribution in [2.24, 2.45) is 0 Å². The van der Waals surface area contributed by atoms with Gasteiger partial charge in [0.05, 0.1) is 0 Å². The Morgan fingerprint density at radius 1 is 1.00 bits per heavy atom. The summed E-state index contributed by atoms with van der Waals surface area (Å²) >= 11 is 0. The minimum absolute atomic E-state index is 0.399. The van der Waals surface area contributed by atoms with Gasteiger partial charge in [0, 0.05) is 19.6 Å². The van der Waals surface area contributed by atoms with Crippen LogP contribution in [0.1, 0.15) is 33.1 Å². The highest BCUT2D eigenvalue weighted by molar-refractivity contribution is 6.34. The fraction of sp³-hybridized carbons (Fsp3) is 0.846. The van der Waals surface area contributed by atoms with Gasteiger partial charge in [0.2, 0.25) is 0 Å². The minimum Gasteiger partial charge on any atom is -0.348 e. The summed E-state index contributed by atoms with van der Waals surface area (Å²) in [5.41, 5.74) is 0. The van der Waals surface area contributed by atoms with Gasteiger partial charge in [-0.15, -0.1) is 0 Å². The lowest BCUT2D eigenvalue weighted by Gasteiger charge is -2.20. The lowest BCUT2D eigenvalue weighted by Crippen LogP contribution is -2.44. The Morgan fingerprint density at radius 3 is 2.00 bits per heavy atom. The summed E-state index contributed by atoms with van der Waals surface area (Å²) in [6, 6.07) is 0. The van der Waals surface area contributed by atoms with Gasteiger partial charge in [-0.2, -0.15) is 0 Å². The molecular formula is C13H27N3O2. The van der Waals surface area contributed by atoms with E-state index in [0.717, 1.165) is 25.8 Å². The van der Waals surface area contributed by atoms with E-state index >= 15 is 0 Å². The first kappa shape index (κ1) is 16.9. The molecule has 0 aliphatic heterocycles. The summed E-state index contributed by atoms with van der Waals surface area (Å²) in [5.74, 6) is -0.876. The van der Waals surface area contributed by atoms with Crippen molar-refractivity contribution in [3.63, 3.8) is 0 Å². The second-order valence-electron chi connectivity index (χ2n) is 4.70. The van der Waals surface area contributed by atoms with Gasteiger partial charge in [-0.3, -0.25) is 9.59 Å². The Kier molecular flexibility index (Phi) is 9.28. The van der Waals surface area contributed by atoms with E-state index in [9.17, 15) is 9.59 Å². The molecule has 5 nitrogen and oxygen atoms in total. The molecule has 0 bridgehead atoms. The van der Waals surface area contributed by atoms with Crippen molar-refractivity contribution in [2.45, 2.75) is 33.1 Å². The lowest BCUT2D eigenvalue weighted by atomic mass is 10.3. The normalized spacial score (nSPS) is 10.5. The maximum Gasteiger partial charge on any atom is 0.311 e. The predicted octanol–water partition coefficient (Wildman–Crippen LogP) is 0.703. The summed E-state index contributed by atoms with van der Waals surface area (Å²) in [6.07, 6.45) is 2.60. The van der Waals surface area contributed by atoms with E-state index in [1.54, 1.807) is 4.90 Å². The smallest absolute Gasteiger partial charge is 0.311 e. The number of nitrogens with one attached hydrogen (secondary N) is 1. The summed E-state index contributed by atoms with van der Waals surface area (Å²) in [7, 11) is 3.97. The summed E-state index contributed by atoms with van der Waals surface area (Å²) < 4.78 is 0. The molecule has 2 amide bonds. The number of hydrogen-bond acceptors (Lipinski definition) is 3. The summed E-state index contributed by atoms with van der Waals surface area (Å²) in [5, 5.41) is 2.68. The van der Waals surface area contributed by atoms with E-state index in [0.29, 0.717) is 19.6 Å². The average Bonchev–Trinajstić information content (AvgIpc) is 2.33. The van der Waals surface area contributed by atoms with Gasteiger partial charge >= 0.3 is 11.8 Å². The number of rotatable bonds is 8. The van der Waals surface area contributed by atoms with Gasteiger partial charge in [0.25, 0.3) is 0 Å². The van der Waals surface area contributed by atoms with Crippen molar-refractivity contribution in [1.29, 1.82) is 0 Å². The molecule has 0 saturated heterocycles. The van der Waals surface area contributed by atoms with Crippen LogP contribution in [0.5, 0.6) is 0 Å². The molecular weight excluding hydrogens is 230 g/mol. The average molecular weight is 257 g/mol. The van der Waals surface area contributed by atoms with Gasteiger partial charge in [-0.05, 0) is 39.9 Å². The molecule has 5 heteroatoms. The first-order valence-corrected chi connectivity index (χ1v) is 6.74. The van der Waals surface area contributed by atoms with Crippen molar-refractivity contribution in [1.82, 2.24) is 15.1 Å². The molecule has 0 radical (unpaired) electrons. The molecule has 0 aromatic heterocycles. The maximum atomic E-state index is 11.9.